The van der Waals surface area contributed by atoms with Crippen molar-refractivity contribution in [3.05, 3.63) is 0 Å². The van der Waals surface area contributed by atoms with Gasteiger partial charge in [0.15, 0.2) is 0 Å². The highest BCUT2D eigenvalue weighted by Crippen LogP contribution is 2.43. The van der Waals surface area contributed by atoms with Crippen LogP contribution in [0.3, 0.4) is 0 Å². The molecular formula is C13H24N2O. The van der Waals surface area contributed by atoms with Crippen molar-refractivity contribution in [2.75, 3.05) is 20.3 Å². The third-order valence-corrected chi connectivity index (χ3v) is 3.84. The molecule has 0 amide bonds. The Morgan fingerprint density at radius 3 is 2.62 bits per heavy atom. The molecule has 2 atom stereocenters. The zero-order valence-electron chi connectivity index (χ0n) is 11.0. The summed E-state index contributed by atoms with van der Waals surface area (Å²) < 4.78 is 5.03. The Morgan fingerprint density at radius 1 is 1.44 bits per heavy atom. The number of nitrogens with one attached hydrogen (secondary N) is 1. The lowest BCUT2D eigenvalue weighted by atomic mass is 9.64. The van der Waals surface area contributed by atoms with E-state index >= 15 is 0 Å². The first-order valence-corrected chi connectivity index (χ1v) is 6.11. The Kier molecular flexibility index (Phi) is 4.35. The van der Waals surface area contributed by atoms with E-state index in [0.29, 0.717) is 17.9 Å². The van der Waals surface area contributed by atoms with E-state index in [-0.39, 0.29) is 5.54 Å². The number of hydrogen-bond acceptors (Lipinski definition) is 3. The highest BCUT2D eigenvalue weighted by molar-refractivity contribution is 5.13. The number of nitriles is 1. The van der Waals surface area contributed by atoms with Gasteiger partial charge >= 0.3 is 0 Å². The Morgan fingerprint density at radius 2 is 2.12 bits per heavy atom. The SMILES string of the molecule is COCCNC1(C#N)CCC(C)(C)CC1C. The van der Waals surface area contributed by atoms with Gasteiger partial charge in [0.05, 0.1) is 12.7 Å². The summed E-state index contributed by atoms with van der Waals surface area (Å²) in [6.45, 7) is 8.19. The minimum Gasteiger partial charge on any atom is -0.383 e. The maximum atomic E-state index is 9.43. The predicted molar refractivity (Wildman–Crippen MR) is 65.0 cm³/mol. The van der Waals surface area contributed by atoms with Crippen LogP contribution in [0.2, 0.25) is 0 Å². The van der Waals surface area contributed by atoms with Crippen LogP contribution in [0.4, 0.5) is 0 Å². The molecule has 1 N–H and O–H groups in total. The van der Waals surface area contributed by atoms with E-state index in [2.05, 4.69) is 32.2 Å². The zero-order valence-corrected chi connectivity index (χ0v) is 11.0. The van der Waals surface area contributed by atoms with Crippen molar-refractivity contribution in [1.29, 1.82) is 5.26 Å². The van der Waals surface area contributed by atoms with Gasteiger partial charge in [0.25, 0.3) is 0 Å². The molecule has 1 rings (SSSR count). The van der Waals surface area contributed by atoms with Gasteiger partial charge < -0.3 is 4.74 Å². The van der Waals surface area contributed by atoms with E-state index in [4.69, 9.17) is 4.74 Å². The van der Waals surface area contributed by atoms with Crippen molar-refractivity contribution in [2.45, 2.75) is 45.6 Å². The van der Waals surface area contributed by atoms with Crippen molar-refractivity contribution >= 4 is 0 Å². The van der Waals surface area contributed by atoms with E-state index in [1.54, 1.807) is 7.11 Å². The predicted octanol–water partition coefficient (Wildman–Crippen LogP) is 2.33. The summed E-state index contributed by atoms with van der Waals surface area (Å²) in [6, 6.07) is 2.50. The first kappa shape index (κ1) is 13.5. The van der Waals surface area contributed by atoms with Gasteiger partial charge in [-0.3, -0.25) is 5.32 Å². The Hall–Kier alpha value is -0.590. The van der Waals surface area contributed by atoms with Crippen LogP contribution in [0.5, 0.6) is 0 Å². The van der Waals surface area contributed by atoms with Gasteiger partial charge in [-0.05, 0) is 30.6 Å². The second-order valence-electron chi connectivity index (χ2n) is 5.77. The Balaban J connectivity index is 2.63. The molecule has 92 valence electrons. The number of rotatable bonds is 4. The Labute approximate surface area is 99.2 Å². The van der Waals surface area contributed by atoms with Gasteiger partial charge in [0.1, 0.15) is 5.54 Å². The molecule has 0 bridgehead atoms. The lowest BCUT2D eigenvalue weighted by Gasteiger charge is -2.44. The fourth-order valence-corrected chi connectivity index (χ4v) is 2.73. The summed E-state index contributed by atoms with van der Waals surface area (Å²) in [5.41, 5.74) is 0.0384. The van der Waals surface area contributed by atoms with Crippen molar-refractivity contribution in [3.8, 4) is 6.07 Å². The minimum absolute atomic E-state index is 0.339. The van der Waals surface area contributed by atoms with Crippen molar-refractivity contribution in [3.63, 3.8) is 0 Å². The molecule has 16 heavy (non-hydrogen) atoms. The zero-order chi connectivity index (χ0) is 12.2. The molecule has 1 aliphatic rings. The fourth-order valence-electron chi connectivity index (χ4n) is 2.73. The van der Waals surface area contributed by atoms with E-state index < -0.39 is 0 Å². The molecular weight excluding hydrogens is 200 g/mol. The summed E-state index contributed by atoms with van der Waals surface area (Å²) >= 11 is 0. The van der Waals surface area contributed by atoms with Gasteiger partial charge in [-0.2, -0.15) is 5.26 Å². The minimum atomic E-state index is -0.339. The summed E-state index contributed by atoms with van der Waals surface area (Å²) in [5.74, 6) is 0.401. The summed E-state index contributed by atoms with van der Waals surface area (Å²) in [6.07, 6.45) is 3.17. The van der Waals surface area contributed by atoms with E-state index in [1.807, 2.05) is 0 Å². The van der Waals surface area contributed by atoms with Crippen LogP contribution in [-0.2, 0) is 4.74 Å². The molecule has 0 spiro atoms. The fraction of sp³-hybridized carbons (Fsp3) is 0.923. The quantitative estimate of drug-likeness (QED) is 0.745. The molecule has 1 aliphatic carbocycles. The lowest BCUT2D eigenvalue weighted by molar-refractivity contribution is 0.100. The van der Waals surface area contributed by atoms with Crippen LogP contribution >= 0.6 is 0 Å². The first-order valence-electron chi connectivity index (χ1n) is 6.11. The van der Waals surface area contributed by atoms with Gasteiger partial charge in [0.2, 0.25) is 0 Å². The monoisotopic (exact) mass is 224 g/mol. The molecule has 0 heterocycles. The molecule has 1 saturated carbocycles. The smallest absolute Gasteiger partial charge is 0.109 e. The second kappa shape index (κ2) is 5.16. The van der Waals surface area contributed by atoms with Crippen LogP contribution < -0.4 is 5.32 Å². The normalized spacial score (nSPS) is 33.3. The third-order valence-electron chi connectivity index (χ3n) is 3.84. The molecule has 0 aromatic rings. The summed E-state index contributed by atoms with van der Waals surface area (Å²) in [7, 11) is 1.69. The Bertz CT molecular complexity index is 270. The highest BCUT2D eigenvalue weighted by atomic mass is 16.5. The van der Waals surface area contributed by atoms with Crippen LogP contribution in [-0.4, -0.2) is 25.8 Å². The summed E-state index contributed by atoms with van der Waals surface area (Å²) in [5, 5.41) is 12.8. The maximum absolute atomic E-state index is 9.43. The molecule has 3 nitrogen and oxygen atoms in total. The average Bonchev–Trinajstić information content (AvgIpc) is 2.21. The van der Waals surface area contributed by atoms with Gasteiger partial charge in [0, 0.05) is 13.7 Å². The van der Waals surface area contributed by atoms with Crippen LogP contribution in [0.25, 0.3) is 0 Å². The van der Waals surface area contributed by atoms with E-state index in [9.17, 15) is 5.26 Å². The standard InChI is InChI=1S/C13H24N2O/c1-11-9-12(2,3)5-6-13(11,10-14)15-7-8-16-4/h11,15H,5-9H2,1-4H3. The lowest BCUT2D eigenvalue weighted by Crippen LogP contribution is -2.54. The average molecular weight is 224 g/mol. The number of hydrogen-bond donors (Lipinski definition) is 1. The number of nitrogens with zero attached hydrogens (tertiary/aromatic N) is 1. The molecule has 1 fully saturated rings. The third kappa shape index (κ3) is 2.96. The van der Waals surface area contributed by atoms with Crippen molar-refractivity contribution in [2.24, 2.45) is 11.3 Å². The molecule has 0 radical (unpaired) electrons. The van der Waals surface area contributed by atoms with E-state index in [1.165, 1.54) is 0 Å². The maximum Gasteiger partial charge on any atom is 0.109 e. The summed E-state index contributed by atoms with van der Waals surface area (Å²) in [4.78, 5) is 0. The molecule has 0 aliphatic heterocycles. The molecule has 3 heteroatoms. The first-order chi connectivity index (χ1) is 7.46. The molecule has 0 aromatic carbocycles. The van der Waals surface area contributed by atoms with Crippen LogP contribution in [0.1, 0.15) is 40.0 Å². The molecule has 0 saturated heterocycles. The van der Waals surface area contributed by atoms with Crippen LogP contribution in [0, 0.1) is 22.7 Å². The van der Waals surface area contributed by atoms with E-state index in [0.717, 1.165) is 25.8 Å². The van der Waals surface area contributed by atoms with Gasteiger partial charge in [-0.25, -0.2) is 0 Å². The topological polar surface area (TPSA) is 45.0 Å². The van der Waals surface area contributed by atoms with Crippen molar-refractivity contribution in [1.82, 2.24) is 5.32 Å². The highest BCUT2D eigenvalue weighted by Gasteiger charge is 2.43. The van der Waals surface area contributed by atoms with Crippen molar-refractivity contribution < 1.29 is 4.74 Å². The number of ether oxygens (including phenoxy) is 1. The number of methoxy groups -OCH3 is 1. The molecule has 2 unspecified atom stereocenters. The van der Waals surface area contributed by atoms with Gasteiger partial charge in [-0.1, -0.05) is 20.8 Å². The van der Waals surface area contributed by atoms with Gasteiger partial charge in [-0.15, -0.1) is 0 Å². The van der Waals surface area contributed by atoms with Crippen LogP contribution in [0.15, 0.2) is 0 Å². The molecule has 0 aromatic heterocycles. The second-order valence-corrected chi connectivity index (χ2v) is 5.77. The largest absolute Gasteiger partial charge is 0.383 e.